The van der Waals surface area contributed by atoms with Crippen LogP contribution >= 0.6 is 11.6 Å². The van der Waals surface area contributed by atoms with Gasteiger partial charge in [0.15, 0.2) is 0 Å². The van der Waals surface area contributed by atoms with Gasteiger partial charge < -0.3 is 19.7 Å². The number of carbonyl (C=O) groups is 4. The summed E-state index contributed by atoms with van der Waals surface area (Å²) < 4.78 is 25.3. The molecule has 2 saturated heterocycles. The Morgan fingerprint density at radius 2 is 1.67 bits per heavy atom. The molecule has 6 atom stereocenters. The van der Waals surface area contributed by atoms with Crippen molar-refractivity contribution in [2.45, 2.75) is 32.1 Å². The van der Waals surface area contributed by atoms with E-state index >= 15 is 0 Å². The summed E-state index contributed by atoms with van der Waals surface area (Å²) >= 11 is 6.08. The number of likely N-dealkylation sites (tertiary alicyclic amines) is 1. The topological polar surface area (TPSA) is 134 Å². The van der Waals surface area contributed by atoms with Crippen LogP contribution in [0.3, 0.4) is 0 Å². The molecule has 0 spiro atoms. The number of allylic oxidation sites excluding steroid dienone is 2. The average Bonchev–Trinajstić information content (AvgIpc) is 3.44. The second-order valence-corrected chi connectivity index (χ2v) is 13.7. The van der Waals surface area contributed by atoms with E-state index in [-0.39, 0.29) is 64.7 Å². The number of phenols is 2. The van der Waals surface area contributed by atoms with Crippen LogP contribution in [-0.2, 0) is 25.6 Å². The van der Waals surface area contributed by atoms with E-state index in [0.29, 0.717) is 17.7 Å². The van der Waals surface area contributed by atoms with Gasteiger partial charge in [-0.25, -0.2) is 9.29 Å². The van der Waals surface area contributed by atoms with Crippen LogP contribution in [0.2, 0.25) is 5.02 Å². The molecular weight excluding hydrogens is 655 g/mol. The number of fused-ring (bicyclic) bond motifs is 4. The lowest BCUT2D eigenvalue weighted by Gasteiger charge is -2.49. The molecule has 2 aliphatic carbocycles. The highest BCUT2D eigenvalue weighted by Gasteiger charge is 2.68. The zero-order valence-corrected chi connectivity index (χ0v) is 27.7. The molecule has 4 amide bonds. The second-order valence-electron chi connectivity index (χ2n) is 13.3. The minimum atomic E-state index is -1.48. The number of methoxy groups -OCH3 is 2. The lowest BCUT2D eigenvalue weighted by Crippen LogP contribution is -2.49. The van der Waals surface area contributed by atoms with Gasteiger partial charge in [-0.05, 0) is 68.0 Å². The van der Waals surface area contributed by atoms with E-state index in [2.05, 4.69) is 0 Å². The van der Waals surface area contributed by atoms with Crippen LogP contribution in [0.15, 0.2) is 66.2 Å². The van der Waals surface area contributed by atoms with E-state index in [1.54, 1.807) is 37.3 Å². The zero-order chi connectivity index (χ0) is 34.9. The first-order chi connectivity index (χ1) is 23.4. The lowest BCUT2D eigenvalue weighted by molar-refractivity contribution is -0.140. The largest absolute Gasteiger partial charge is 0.508 e. The minimum absolute atomic E-state index is 0.0973. The van der Waals surface area contributed by atoms with Gasteiger partial charge in [-0.15, -0.1) is 0 Å². The molecule has 3 aromatic rings. The molecule has 0 unspecified atom stereocenters. The molecule has 254 valence electrons. The maximum atomic E-state index is 14.6. The van der Waals surface area contributed by atoms with Gasteiger partial charge >= 0.3 is 0 Å². The van der Waals surface area contributed by atoms with Crippen molar-refractivity contribution in [2.24, 2.45) is 29.1 Å². The van der Waals surface area contributed by atoms with Crippen molar-refractivity contribution in [1.29, 1.82) is 0 Å². The van der Waals surface area contributed by atoms with Crippen molar-refractivity contribution >= 4 is 40.9 Å². The number of ether oxygens (including phenoxy) is 2. The first-order valence-electron chi connectivity index (χ1n) is 16.0. The molecule has 12 heteroatoms. The summed E-state index contributed by atoms with van der Waals surface area (Å²) in [5.41, 5.74) is 0.394. The van der Waals surface area contributed by atoms with Gasteiger partial charge in [-0.3, -0.25) is 24.1 Å². The average molecular weight is 689 g/mol. The Morgan fingerprint density at radius 1 is 0.939 bits per heavy atom. The Balaban J connectivity index is 1.33. The second kappa shape index (κ2) is 11.9. The molecule has 3 aromatic carbocycles. The molecule has 2 aliphatic heterocycles. The first kappa shape index (κ1) is 32.6. The molecule has 0 bridgehead atoms. The number of hydrogen-bond donors (Lipinski definition) is 2. The summed E-state index contributed by atoms with van der Waals surface area (Å²) in [6.45, 7) is 1.82. The maximum Gasteiger partial charge on any atom is 0.241 e. The summed E-state index contributed by atoms with van der Waals surface area (Å²) in [5, 5.41) is 20.9. The highest BCUT2D eigenvalue weighted by atomic mass is 35.5. The van der Waals surface area contributed by atoms with Crippen LogP contribution in [0.1, 0.15) is 36.8 Å². The number of hydrogen-bond acceptors (Lipinski definition) is 8. The molecule has 2 N–H and O–H groups in total. The standard InChI is InChI=1S/C37H34ClFN2O8/c1-37-25(34(45)41(36(37)47)19-6-11-27(39)26(38)14-19)17-24-22(32(37)31-28(43)15-21(48-2)16-29(31)49-3)9-10-23-30(24)35(46)40(33(23)44)13-12-18-4-7-20(42)8-5-18/h4-9,11,14-16,23-25,30,32,42-43H,10,12-13,17H2,1-3H3/t23-,24+,25-,30-,32+,37+/m0/s1. The summed E-state index contributed by atoms with van der Waals surface area (Å²) in [6.07, 6.45) is 2.60. The Labute approximate surface area is 286 Å². The van der Waals surface area contributed by atoms with Crippen molar-refractivity contribution in [3.05, 3.63) is 88.2 Å². The molecular formula is C37H34ClFN2O8. The third kappa shape index (κ3) is 4.88. The highest BCUT2D eigenvalue weighted by Crippen LogP contribution is 2.65. The Bertz CT molecular complexity index is 1950. The van der Waals surface area contributed by atoms with Crippen LogP contribution < -0.4 is 14.4 Å². The number of halogens is 2. The van der Waals surface area contributed by atoms with Crippen molar-refractivity contribution in [1.82, 2.24) is 4.90 Å². The summed E-state index contributed by atoms with van der Waals surface area (Å²) in [7, 11) is 2.86. The van der Waals surface area contributed by atoms with Crippen LogP contribution in [-0.4, -0.2) is 59.5 Å². The number of nitrogens with zero attached hydrogens (tertiary/aromatic N) is 2. The van der Waals surface area contributed by atoms with Crippen molar-refractivity contribution in [3.63, 3.8) is 0 Å². The van der Waals surface area contributed by atoms with Gasteiger partial charge in [0.2, 0.25) is 23.6 Å². The Morgan fingerprint density at radius 3 is 2.35 bits per heavy atom. The van der Waals surface area contributed by atoms with E-state index in [9.17, 15) is 33.8 Å². The van der Waals surface area contributed by atoms with Gasteiger partial charge in [0.1, 0.15) is 28.8 Å². The van der Waals surface area contributed by atoms with Gasteiger partial charge in [0.05, 0.1) is 48.1 Å². The van der Waals surface area contributed by atoms with Crippen LogP contribution in [0, 0.1) is 34.9 Å². The zero-order valence-electron chi connectivity index (χ0n) is 27.0. The number of aromatic hydroxyl groups is 2. The van der Waals surface area contributed by atoms with E-state index in [0.717, 1.165) is 16.5 Å². The number of rotatable bonds is 7. The SMILES string of the molecule is COc1cc(O)c([C@H]2C3=CC[C@@H]4C(=O)N(CCc5ccc(O)cc5)C(=O)[C@@H]4[C@@H]3C[C@H]3C(=O)N(c4ccc(F)c(Cl)c4)C(=O)[C@@]23C)c(OC)c1. The van der Waals surface area contributed by atoms with E-state index in [1.165, 1.54) is 37.3 Å². The fraction of sp³-hybridized carbons (Fsp3) is 0.351. The number of anilines is 1. The fourth-order valence-corrected chi connectivity index (χ4v) is 8.72. The minimum Gasteiger partial charge on any atom is -0.508 e. The number of imide groups is 2. The summed E-state index contributed by atoms with van der Waals surface area (Å²) in [4.78, 5) is 59.3. The van der Waals surface area contributed by atoms with Crippen molar-refractivity contribution < 1.29 is 43.3 Å². The lowest BCUT2D eigenvalue weighted by atomic mass is 9.51. The van der Waals surface area contributed by atoms with Crippen molar-refractivity contribution in [3.8, 4) is 23.0 Å². The summed E-state index contributed by atoms with van der Waals surface area (Å²) in [5.74, 6) is -6.03. The molecule has 3 fully saturated rings. The normalized spacial score (nSPS) is 27.5. The molecule has 4 aliphatic rings. The predicted octanol–water partition coefficient (Wildman–Crippen LogP) is 5.38. The maximum absolute atomic E-state index is 14.6. The van der Waals surface area contributed by atoms with Gasteiger partial charge in [-0.2, -0.15) is 0 Å². The van der Waals surface area contributed by atoms with Crippen LogP contribution in [0.4, 0.5) is 10.1 Å². The summed E-state index contributed by atoms with van der Waals surface area (Å²) in [6, 6.07) is 13.2. The molecule has 49 heavy (non-hydrogen) atoms. The van der Waals surface area contributed by atoms with Crippen LogP contribution in [0.5, 0.6) is 23.0 Å². The van der Waals surface area contributed by atoms with Gasteiger partial charge in [-0.1, -0.05) is 35.4 Å². The highest BCUT2D eigenvalue weighted by molar-refractivity contribution is 6.31. The van der Waals surface area contributed by atoms with E-state index in [4.69, 9.17) is 21.1 Å². The quantitative estimate of drug-likeness (QED) is 0.250. The monoisotopic (exact) mass is 688 g/mol. The third-order valence-corrected chi connectivity index (χ3v) is 11.2. The first-order valence-corrected chi connectivity index (χ1v) is 16.4. The molecule has 7 rings (SSSR count). The predicted molar refractivity (Wildman–Crippen MR) is 176 cm³/mol. The fourth-order valence-electron chi connectivity index (χ4n) is 8.55. The van der Waals surface area contributed by atoms with Crippen molar-refractivity contribution in [2.75, 3.05) is 25.7 Å². The molecule has 10 nitrogen and oxygen atoms in total. The van der Waals surface area contributed by atoms with Crippen LogP contribution in [0.25, 0.3) is 0 Å². The van der Waals surface area contributed by atoms with Gasteiger partial charge in [0.25, 0.3) is 0 Å². The smallest absolute Gasteiger partial charge is 0.241 e. The number of phenolic OH excluding ortho intramolecular Hbond substituents is 2. The van der Waals surface area contributed by atoms with Gasteiger partial charge in [0, 0.05) is 30.2 Å². The number of amides is 4. The third-order valence-electron chi connectivity index (χ3n) is 10.9. The Hall–Kier alpha value is -4.90. The number of benzene rings is 3. The van der Waals surface area contributed by atoms with E-state index < -0.39 is 52.6 Å². The molecule has 0 aromatic heterocycles. The number of carbonyl (C=O) groups excluding carboxylic acids is 4. The molecule has 2 heterocycles. The Kier molecular flexibility index (Phi) is 7.93. The van der Waals surface area contributed by atoms with E-state index in [1.807, 2.05) is 6.08 Å². The molecule has 1 saturated carbocycles. The molecule has 0 radical (unpaired) electrons.